The number of rotatable bonds is 0. The van der Waals surface area contributed by atoms with Crippen molar-refractivity contribution in [1.82, 2.24) is 4.90 Å². The minimum atomic E-state index is -0.499. The zero-order valence-corrected chi connectivity index (χ0v) is 5.60. The zero-order chi connectivity index (χ0) is 6.43. The van der Waals surface area contributed by atoms with E-state index in [0.29, 0.717) is 17.5 Å². The number of aliphatic hydroxyl groups excluding tert-OH is 1. The van der Waals surface area contributed by atoms with Gasteiger partial charge in [0.1, 0.15) is 6.23 Å². The maximum atomic E-state index is 10.7. The highest BCUT2D eigenvalue weighted by Gasteiger charge is 2.45. The Morgan fingerprint density at radius 1 is 1.78 bits per heavy atom. The number of fused-ring (bicyclic) bond motifs is 1. The van der Waals surface area contributed by atoms with Gasteiger partial charge in [-0.3, -0.25) is 4.79 Å². The SMILES string of the molecule is O=C1CC2SCC(O)N12. The van der Waals surface area contributed by atoms with Crippen LogP contribution in [0.25, 0.3) is 0 Å². The number of nitrogens with zero attached hydrogens (tertiary/aromatic N) is 1. The second-order valence-electron chi connectivity index (χ2n) is 2.27. The standard InChI is InChI=1S/C5H7NO2S/c7-3-1-5-6(3)4(8)2-9-5/h4-5,8H,1-2H2. The van der Waals surface area contributed by atoms with Crippen molar-refractivity contribution in [3.63, 3.8) is 0 Å². The van der Waals surface area contributed by atoms with Crippen LogP contribution in [0.3, 0.4) is 0 Å². The molecule has 0 aliphatic carbocycles. The van der Waals surface area contributed by atoms with Crippen molar-refractivity contribution in [2.24, 2.45) is 0 Å². The van der Waals surface area contributed by atoms with Gasteiger partial charge >= 0.3 is 0 Å². The number of aliphatic hydroxyl groups is 1. The predicted molar refractivity (Wildman–Crippen MR) is 33.7 cm³/mol. The van der Waals surface area contributed by atoms with E-state index < -0.39 is 6.23 Å². The van der Waals surface area contributed by atoms with Crippen molar-refractivity contribution < 1.29 is 9.90 Å². The van der Waals surface area contributed by atoms with Crippen molar-refractivity contribution in [3.8, 4) is 0 Å². The van der Waals surface area contributed by atoms with Crippen LogP contribution in [0, 0.1) is 0 Å². The first kappa shape index (κ1) is 5.56. The topological polar surface area (TPSA) is 40.5 Å². The van der Waals surface area contributed by atoms with Crippen LogP contribution in [-0.4, -0.2) is 33.3 Å². The summed E-state index contributed by atoms with van der Waals surface area (Å²) >= 11 is 1.66. The molecule has 0 aromatic heterocycles. The fraction of sp³-hybridized carbons (Fsp3) is 0.800. The normalized spacial score (nSPS) is 40.6. The highest BCUT2D eigenvalue weighted by atomic mass is 32.2. The Morgan fingerprint density at radius 3 is 3.00 bits per heavy atom. The predicted octanol–water partition coefficient (Wildman–Crippen LogP) is -0.390. The van der Waals surface area contributed by atoms with Gasteiger partial charge in [-0.1, -0.05) is 0 Å². The lowest BCUT2D eigenvalue weighted by molar-refractivity contribution is -0.151. The first-order chi connectivity index (χ1) is 4.29. The molecule has 2 heterocycles. The van der Waals surface area contributed by atoms with Gasteiger partial charge in [0.2, 0.25) is 5.91 Å². The quantitative estimate of drug-likeness (QED) is 0.472. The molecular weight excluding hydrogens is 138 g/mol. The van der Waals surface area contributed by atoms with Gasteiger partial charge in [-0.15, -0.1) is 11.8 Å². The first-order valence-corrected chi connectivity index (χ1v) is 3.95. The van der Waals surface area contributed by atoms with Crippen molar-refractivity contribution >= 4 is 17.7 Å². The molecule has 50 valence electrons. The third kappa shape index (κ3) is 0.602. The van der Waals surface area contributed by atoms with E-state index in [9.17, 15) is 4.79 Å². The van der Waals surface area contributed by atoms with Crippen molar-refractivity contribution in [1.29, 1.82) is 0 Å². The summed E-state index contributed by atoms with van der Waals surface area (Å²) < 4.78 is 0. The summed E-state index contributed by atoms with van der Waals surface area (Å²) in [7, 11) is 0. The van der Waals surface area contributed by atoms with Crippen LogP contribution in [0.2, 0.25) is 0 Å². The van der Waals surface area contributed by atoms with Crippen LogP contribution in [-0.2, 0) is 4.79 Å². The molecule has 1 amide bonds. The van der Waals surface area contributed by atoms with E-state index in [2.05, 4.69) is 0 Å². The molecule has 2 saturated heterocycles. The molecule has 2 aliphatic rings. The number of hydrogen-bond acceptors (Lipinski definition) is 3. The summed E-state index contributed by atoms with van der Waals surface area (Å²) in [5.74, 6) is 0.786. The third-order valence-corrected chi connectivity index (χ3v) is 2.98. The average Bonchev–Trinajstić information content (AvgIpc) is 2.04. The highest BCUT2D eigenvalue weighted by molar-refractivity contribution is 8.00. The van der Waals surface area contributed by atoms with Gasteiger partial charge in [-0.05, 0) is 0 Å². The van der Waals surface area contributed by atoms with Crippen molar-refractivity contribution in [2.45, 2.75) is 18.0 Å². The Morgan fingerprint density at radius 2 is 2.56 bits per heavy atom. The molecule has 0 aromatic rings. The van der Waals surface area contributed by atoms with Crippen LogP contribution in [0.15, 0.2) is 0 Å². The molecule has 0 spiro atoms. The molecule has 0 bridgehead atoms. The largest absolute Gasteiger partial charge is 0.373 e. The van der Waals surface area contributed by atoms with Gasteiger partial charge in [-0.2, -0.15) is 0 Å². The fourth-order valence-corrected chi connectivity index (χ4v) is 2.41. The number of thioether (sulfide) groups is 1. The summed E-state index contributed by atoms with van der Waals surface area (Å²) in [6.45, 7) is 0. The molecule has 3 nitrogen and oxygen atoms in total. The zero-order valence-electron chi connectivity index (χ0n) is 4.78. The summed E-state index contributed by atoms with van der Waals surface area (Å²) in [6.07, 6.45) is 0.128. The van der Waals surface area contributed by atoms with E-state index in [1.54, 1.807) is 16.7 Å². The van der Waals surface area contributed by atoms with Crippen molar-refractivity contribution in [2.75, 3.05) is 5.75 Å². The lowest BCUT2D eigenvalue weighted by atomic mass is 10.2. The van der Waals surface area contributed by atoms with Gasteiger partial charge in [0.15, 0.2) is 0 Å². The minimum absolute atomic E-state index is 0.0949. The van der Waals surface area contributed by atoms with Crippen LogP contribution in [0.4, 0.5) is 0 Å². The average molecular weight is 145 g/mol. The molecule has 4 heteroatoms. The monoisotopic (exact) mass is 145 g/mol. The fourth-order valence-electron chi connectivity index (χ4n) is 1.18. The highest BCUT2D eigenvalue weighted by Crippen LogP contribution is 2.37. The molecule has 2 fully saturated rings. The van der Waals surface area contributed by atoms with Crippen LogP contribution < -0.4 is 0 Å². The molecule has 2 aliphatic heterocycles. The van der Waals surface area contributed by atoms with Crippen LogP contribution in [0.5, 0.6) is 0 Å². The molecule has 9 heavy (non-hydrogen) atoms. The number of β-lactam (4-membered cyclic amide) rings is 1. The van der Waals surface area contributed by atoms with E-state index in [-0.39, 0.29) is 5.91 Å². The van der Waals surface area contributed by atoms with Gasteiger partial charge in [0.25, 0.3) is 0 Å². The number of carbonyl (C=O) groups is 1. The summed E-state index contributed by atoms with van der Waals surface area (Å²) in [5, 5.41) is 9.37. The Bertz CT molecular complexity index is 155. The Hall–Kier alpha value is -0.220. The summed E-state index contributed by atoms with van der Waals surface area (Å²) in [4.78, 5) is 12.2. The Labute approximate surface area is 57.0 Å². The van der Waals surface area contributed by atoms with E-state index in [0.717, 1.165) is 0 Å². The van der Waals surface area contributed by atoms with Crippen LogP contribution in [0.1, 0.15) is 6.42 Å². The van der Waals surface area contributed by atoms with E-state index in [4.69, 9.17) is 5.11 Å². The smallest absolute Gasteiger partial charge is 0.228 e. The maximum Gasteiger partial charge on any atom is 0.228 e. The summed E-state index contributed by atoms with van der Waals surface area (Å²) in [5.41, 5.74) is 0. The van der Waals surface area contributed by atoms with Gasteiger partial charge < -0.3 is 10.0 Å². The van der Waals surface area contributed by atoms with E-state index in [1.807, 2.05) is 0 Å². The Kier molecular flexibility index (Phi) is 1.01. The van der Waals surface area contributed by atoms with E-state index in [1.165, 1.54) is 0 Å². The molecule has 0 radical (unpaired) electrons. The first-order valence-electron chi connectivity index (χ1n) is 2.90. The molecule has 2 rings (SSSR count). The molecular formula is C5H7NO2S. The van der Waals surface area contributed by atoms with E-state index >= 15 is 0 Å². The van der Waals surface area contributed by atoms with Gasteiger partial charge in [0.05, 0.1) is 11.8 Å². The van der Waals surface area contributed by atoms with Gasteiger partial charge in [0, 0.05) is 5.75 Å². The van der Waals surface area contributed by atoms with Gasteiger partial charge in [-0.25, -0.2) is 0 Å². The molecule has 0 aromatic carbocycles. The molecule has 0 saturated carbocycles. The Balaban J connectivity index is 2.14. The third-order valence-electron chi connectivity index (χ3n) is 1.71. The second-order valence-corrected chi connectivity index (χ2v) is 3.48. The lowest BCUT2D eigenvalue weighted by Gasteiger charge is -2.35. The lowest BCUT2D eigenvalue weighted by Crippen LogP contribution is -2.51. The second kappa shape index (κ2) is 1.64. The minimum Gasteiger partial charge on any atom is -0.373 e. The number of hydrogen-bond donors (Lipinski definition) is 1. The molecule has 2 unspecified atom stereocenters. The van der Waals surface area contributed by atoms with Crippen molar-refractivity contribution in [3.05, 3.63) is 0 Å². The summed E-state index contributed by atoms with van der Waals surface area (Å²) in [6, 6.07) is 0. The maximum absolute atomic E-state index is 10.7. The number of carbonyl (C=O) groups excluding carboxylic acids is 1. The molecule has 1 N–H and O–H groups in total. The van der Waals surface area contributed by atoms with Crippen LogP contribution >= 0.6 is 11.8 Å². The molecule has 2 atom stereocenters. The number of amides is 1.